The zero-order chi connectivity index (χ0) is 14.0. The molecule has 2 atom stereocenters. The highest BCUT2D eigenvalue weighted by Gasteiger charge is 2.34. The maximum atomic E-state index is 12.5. The molecule has 0 bridgehead atoms. The van der Waals surface area contributed by atoms with Gasteiger partial charge in [0.15, 0.2) is 0 Å². The van der Waals surface area contributed by atoms with Crippen LogP contribution in [0.25, 0.3) is 0 Å². The van der Waals surface area contributed by atoms with Crippen molar-refractivity contribution in [3.63, 3.8) is 0 Å². The van der Waals surface area contributed by atoms with Crippen LogP contribution in [0.2, 0.25) is 0 Å². The minimum absolute atomic E-state index is 0.0170. The van der Waals surface area contributed by atoms with E-state index in [1.54, 1.807) is 4.90 Å². The zero-order valence-corrected chi connectivity index (χ0v) is 11.8. The molecule has 0 aromatic heterocycles. The molecule has 1 aromatic carbocycles. The fourth-order valence-corrected chi connectivity index (χ4v) is 2.60. The third-order valence-corrected chi connectivity index (χ3v) is 3.53. The first-order valence-corrected chi connectivity index (χ1v) is 6.68. The number of amides is 1. The van der Waals surface area contributed by atoms with Gasteiger partial charge in [-0.2, -0.15) is 0 Å². The molecule has 2 rings (SSSR count). The summed E-state index contributed by atoms with van der Waals surface area (Å²) in [5.41, 5.74) is 1.84. The minimum Gasteiger partial charge on any atom is -0.391 e. The van der Waals surface area contributed by atoms with Gasteiger partial charge in [0.25, 0.3) is 5.91 Å². The predicted octanol–water partition coefficient (Wildman–Crippen LogP) is 1.13. The van der Waals surface area contributed by atoms with E-state index >= 15 is 0 Å². The average Bonchev–Trinajstić information content (AvgIpc) is 2.69. The Morgan fingerprint density at radius 1 is 1.37 bits per heavy atom. The van der Waals surface area contributed by atoms with Crippen molar-refractivity contribution in [2.75, 3.05) is 27.2 Å². The summed E-state index contributed by atoms with van der Waals surface area (Å²) in [4.78, 5) is 16.3. The quantitative estimate of drug-likeness (QED) is 0.888. The lowest BCUT2D eigenvalue weighted by Gasteiger charge is -2.26. The first-order chi connectivity index (χ1) is 8.97. The smallest absolute Gasteiger partial charge is 0.254 e. The molecular weight excluding hydrogens is 240 g/mol. The zero-order valence-electron chi connectivity index (χ0n) is 11.8. The van der Waals surface area contributed by atoms with Crippen LogP contribution in [0.15, 0.2) is 24.3 Å². The van der Waals surface area contributed by atoms with Gasteiger partial charge < -0.3 is 14.9 Å². The van der Waals surface area contributed by atoms with Gasteiger partial charge in [-0.25, -0.2) is 0 Å². The summed E-state index contributed by atoms with van der Waals surface area (Å²) >= 11 is 0. The van der Waals surface area contributed by atoms with Crippen LogP contribution in [0.1, 0.15) is 22.3 Å². The summed E-state index contributed by atoms with van der Waals surface area (Å²) in [6, 6.07) is 7.70. The topological polar surface area (TPSA) is 43.8 Å². The average molecular weight is 262 g/mol. The van der Waals surface area contributed by atoms with E-state index in [1.807, 2.05) is 45.3 Å². The number of benzene rings is 1. The number of carbonyl (C=O) groups is 1. The van der Waals surface area contributed by atoms with Gasteiger partial charge in [0.2, 0.25) is 0 Å². The highest BCUT2D eigenvalue weighted by atomic mass is 16.3. The number of carbonyl (C=O) groups excluding carboxylic acids is 1. The number of likely N-dealkylation sites (N-methyl/N-ethyl adjacent to an activating group) is 1. The fraction of sp³-hybridized carbons (Fsp3) is 0.533. The van der Waals surface area contributed by atoms with Crippen molar-refractivity contribution in [2.45, 2.75) is 25.5 Å². The van der Waals surface area contributed by atoms with Crippen LogP contribution in [-0.2, 0) is 0 Å². The van der Waals surface area contributed by atoms with Crippen LogP contribution in [-0.4, -0.2) is 60.1 Å². The number of rotatable bonds is 3. The lowest BCUT2D eigenvalue weighted by Crippen LogP contribution is -2.41. The number of β-amino-alcohol motifs (C(OH)–C–C–N with tert-alkyl or cyclic N) is 1. The van der Waals surface area contributed by atoms with E-state index in [9.17, 15) is 9.90 Å². The standard InChI is InChI=1S/C15H22N2O2/c1-11-4-6-12(7-5-11)15(19)17-10-14(18)8-13(17)9-16(2)3/h4-7,13-14,18H,8-10H2,1-3H3. The van der Waals surface area contributed by atoms with Gasteiger partial charge in [0, 0.05) is 24.7 Å². The van der Waals surface area contributed by atoms with Gasteiger partial charge >= 0.3 is 0 Å². The predicted molar refractivity (Wildman–Crippen MR) is 75.2 cm³/mol. The molecule has 1 heterocycles. The first kappa shape index (κ1) is 14.0. The highest BCUT2D eigenvalue weighted by Crippen LogP contribution is 2.21. The van der Waals surface area contributed by atoms with Crippen LogP contribution in [0.4, 0.5) is 0 Å². The third kappa shape index (κ3) is 3.33. The second-order valence-corrected chi connectivity index (χ2v) is 5.63. The number of aliphatic hydroxyl groups excluding tert-OH is 1. The summed E-state index contributed by atoms with van der Waals surface area (Å²) in [5.74, 6) is 0.0170. The van der Waals surface area contributed by atoms with Gasteiger partial charge in [-0.1, -0.05) is 17.7 Å². The summed E-state index contributed by atoms with van der Waals surface area (Å²) in [6.45, 7) is 3.22. The molecule has 104 valence electrons. The number of aryl methyl sites for hydroxylation is 1. The Kier molecular flexibility index (Phi) is 4.22. The Hall–Kier alpha value is -1.39. The van der Waals surface area contributed by atoms with E-state index in [0.717, 1.165) is 12.1 Å². The normalized spacial score (nSPS) is 23.1. The molecule has 1 amide bonds. The molecule has 1 fully saturated rings. The molecule has 4 heteroatoms. The Morgan fingerprint density at radius 3 is 2.58 bits per heavy atom. The molecule has 1 N–H and O–H groups in total. The molecule has 4 nitrogen and oxygen atoms in total. The van der Waals surface area contributed by atoms with Crippen LogP contribution in [0.3, 0.4) is 0 Å². The molecule has 1 aliphatic rings. The van der Waals surface area contributed by atoms with E-state index in [0.29, 0.717) is 18.5 Å². The van der Waals surface area contributed by atoms with Crippen LogP contribution >= 0.6 is 0 Å². The number of hydrogen-bond donors (Lipinski definition) is 1. The van der Waals surface area contributed by atoms with Gasteiger partial charge in [-0.15, -0.1) is 0 Å². The Bertz CT molecular complexity index is 442. The summed E-state index contributed by atoms with van der Waals surface area (Å²) in [6.07, 6.45) is 0.259. The SMILES string of the molecule is Cc1ccc(C(=O)N2CC(O)CC2CN(C)C)cc1. The summed E-state index contributed by atoms with van der Waals surface area (Å²) in [5, 5.41) is 9.81. The molecule has 0 aliphatic carbocycles. The molecule has 0 radical (unpaired) electrons. The van der Waals surface area contributed by atoms with Gasteiger partial charge in [0.05, 0.1) is 6.10 Å². The third-order valence-electron chi connectivity index (χ3n) is 3.53. The molecule has 1 aliphatic heterocycles. The second-order valence-electron chi connectivity index (χ2n) is 5.63. The van der Waals surface area contributed by atoms with Crippen molar-refractivity contribution in [3.8, 4) is 0 Å². The molecule has 19 heavy (non-hydrogen) atoms. The molecular formula is C15H22N2O2. The van der Waals surface area contributed by atoms with Gasteiger partial charge in [-0.05, 0) is 39.6 Å². The number of likely N-dealkylation sites (tertiary alicyclic amines) is 1. The van der Waals surface area contributed by atoms with Crippen molar-refractivity contribution < 1.29 is 9.90 Å². The first-order valence-electron chi connectivity index (χ1n) is 6.68. The second kappa shape index (κ2) is 5.72. The number of aliphatic hydroxyl groups is 1. The van der Waals surface area contributed by atoms with Crippen molar-refractivity contribution in [2.24, 2.45) is 0 Å². The Morgan fingerprint density at radius 2 is 2.00 bits per heavy atom. The maximum Gasteiger partial charge on any atom is 0.254 e. The van der Waals surface area contributed by atoms with Crippen molar-refractivity contribution >= 4 is 5.91 Å². The summed E-state index contributed by atoms with van der Waals surface area (Å²) < 4.78 is 0. The van der Waals surface area contributed by atoms with Gasteiger partial charge in [0.1, 0.15) is 0 Å². The highest BCUT2D eigenvalue weighted by molar-refractivity contribution is 5.94. The van der Waals surface area contributed by atoms with Crippen molar-refractivity contribution in [1.82, 2.24) is 9.80 Å². The van der Waals surface area contributed by atoms with E-state index in [-0.39, 0.29) is 11.9 Å². The number of hydrogen-bond acceptors (Lipinski definition) is 3. The maximum absolute atomic E-state index is 12.5. The molecule has 1 aromatic rings. The summed E-state index contributed by atoms with van der Waals surface area (Å²) in [7, 11) is 3.97. The lowest BCUT2D eigenvalue weighted by atomic mass is 10.1. The van der Waals surface area contributed by atoms with Crippen LogP contribution in [0, 0.1) is 6.92 Å². The lowest BCUT2D eigenvalue weighted by molar-refractivity contribution is 0.0699. The number of nitrogens with zero attached hydrogens (tertiary/aromatic N) is 2. The molecule has 0 spiro atoms. The van der Waals surface area contributed by atoms with E-state index < -0.39 is 6.10 Å². The molecule has 0 saturated carbocycles. The minimum atomic E-state index is -0.403. The van der Waals surface area contributed by atoms with E-state index in [2.05, 4.69) is 4.90 Å². The van der Waals surface area contributed by atoms with Crippen LogP contribution < -0.4 is 0 Å². The fourth-order valence-electron chi connectivity index (χ4n) is 2.60. The van der Waals surface area contributed by atoms with Crippen LogP contribution in [0.5, 0.6) is 0 Å². The molecule has 1 saturated heterocycles. The Balaban J connectivity index is 2.14. The van der Waals surface area contributed by atoms with E-state index in [4.69, 9.17) is 0 Å². The largest absolute Gasteiger partial charge is 0.391 e. The monoisotopic (exact) mass is 262 g/mol. The van der Waals surface area contributed by atoms with E-state index in [1.165, 1.54) is 0 Å². The van der Waals surface area contributed by atoms with Crippen molar-refractivity contribution in [3.05, 3.63) is 35.4 Å². The van der Waals surface area contributed by atoms with Crippen molar-refractivity contribution in [1.29, 1.82) is 0 Å². The van der Waals surface area contributed by atoms with Gasteiger partial charge in [-0.3, -0.25) is 4.79 Å². The molecule has 2 unspecified atom stereocenters. The Labute approximate surface area is 114 Å².